The molecule has 0 N–H and O–H groups in total. The van der Waals surface area contributed by atoms with Crippen molar-refractivity contribution in [1.29, 1.82) is 0 Å². The normalized spacial score (nSPS) is 11.0. The third-order valence-corrected chi connectivity index (χ3v) is 7.38. The molecule has 3 heterocycles. The molecule has 6 heteroatoms. The number of pyridine rings is 2. The molecule has 41 heavy (non-hydrogen) atoms. The topological polar surface area (TPSA) is 64.5 Å². The molecule has 7 aromatic rings. The van der Waals surface area contributed by atoms with Crippen molar-refractivity contribution < 1.29 is 0 Å². The van der Waals surface area contributed by atoms with Crippen LogP contribution in [0.2, 0.25) is 0 Å². The van der Waals surface area contributed by atoms with Gasteiger partial charge in [-0.15, -0.1) is 0 Å². The van der Waals surface area contributed by atoms with E-state index < -0.39 is 0 Å². The van der Waals surface area contributed by atoms with Gasteiger partial charge in [0.05, 0.1) is 5.52 Å². The molecule has 0 saturated heterocycles. The van der Waals surface area contributed by atoms with Gasteiger partial charge in [-0.25, -0.2) is 15.0 Å². The van der Waals surface area contributed by atoms with Crippen LogP contribution >= 0.6 is 15.9 Å². The Morgan fingerprint density at radius 1 is 0.463 bits per heavy atom. The van der Waals surface area contributed by atoms with Gasteiger partial charge in [-0.05, 0) is 64.7 Å². The van der Waals surface area contributed by atoms with Gasteiger partial charge in [0, 0.05) is 45.1 Å². The van der Waals surface area contributed by atoms with Crippen molar-refractivity contribution in [2.75, 3.05) is 0 Å². The maximum absolute atomic E-state index is 4.96. The molecule has 5 nitrogen and oxygen atoms in total. The zero-order valence-electron chi connectivity index (χ0n) is 21.8. The van der Waals surface area contributed by atoms with Gasteiger partial charge in [-0.1, -0.05) is 88.7 Å². The van der Waals surface area contributed by atoms with E-state index in [1.54, 1.807) is 12.4 Å². The van der Waals surface area contributed by atoms with Crippen LogP contribution < -0.4 is 0 Å². The van der Waals surface area contributed by atoms with Crippen LogP contribution in [0.15, 0.2) is 138 Å². The minimum Gasteiger partial charge on any atom is -0.264 e. The first-order chi connectivity index (χ1) is 20.2. The van der Waals surface area contributed by atoms with Crippen molar-refractivity contribution >= 4 is 26.8 Å². The summed E-state index contributed by atoms with van der Waals surface area (Å²) in [5.74, 6) is 1.76. The SMILES string of the molecule is Brc1cc(-c2nc(-c3ccc(-c4ccccc4)cc3)nc(-c3cccnc3)n2)cc(-c2cccc3ncccc23)c1. The van der Waals surface area contributed by atoms with Gasteiger partial charge in [0.15, 0.2) is 17.5 Å². The average molecular weight is 593 g/mol. The number of halogens is 1. The van der Waals surface area contributed by atoms with Crippen LogP contribution in [-0.4, -0.2) is 24.9 Å². The molecule has 0 bridgehead atoms. The van der Waals surface area contributed by atoms with E-state index in [-0.39, 0.29) is 0 Å². The standard InChI is InChI=1S/C35H22BrN5/c36-29-20-27(30-10-4-12-32-31(30)11-6-18-38-32)19-28(21-29)35-40-33(39-34(41-35)26-9-5-17-37-22-26)25-15-13-24(14-16-25)23-7-2-1-3-8-23/h1-22H. The molecule has 0 saturated carbocycles. The summed E-state index contributed by atoms with van der Waals surface area (Å²) in [7, 11) is 0. The lowest BCUT2D eigenvalue weighted by Gasteiger charge is -2.12. The molecule has 4 aromatic carbocycles. The average Bonchev–Trinajstić information content (AvgIpc) is 3.05. The highest BCUT2D eigenvalue weighted by Crippen LogP contribution is 2.34. The molecule has 0 amide bonds. The summed E-state index contributed by atoms with van der Waals surface area (Å²) in [5.41, 5.74) is 8.01. The van der Waals surface area contributed by atoms with E-state index in [4.69, 9.17) is 15.0 Å². The maximum atomic E-state index is 4.96. The first-order valence-electron chi connectivity index (χ1n) is 13.2. The summed E-state index contributed by atoms with van der Waals surface area (Å²) in [6.07, 6.45) is 5.34. The van der Waals surface area contributed by atoms with Gasteiger partial charge in [-0.2, -0.15) is 0 Å². The Labute approximate surface area is 245 Å². The quantitative estimate of drug-likeness (QED) is 0.200. The fourth-order valence-corrected chi connectivity index (χ4v) is 5.42. The first-order valence-corrected chi connectivity index (χ1v) is 14.0. The predicted molar refractivity (Wildman–Crippen MR) is 168 cm³/mol. The number of aromatic nitrogens is 5. The van der Waals surface area contributed by atoms with E-state index in [0.29, 0.717) is 17.5 Å². The molecular weight excluding hydrogens is 570 g/mol. The van der Waals surface area contributed by atoms with E-state index in [0.717, 1.165) is 54.3 Å². The third kappa shape index (κ3) is 5.13. The fourth-order valence-electron chi connectivity index (χ4n) is 4.93. The van der Waals surface area contributed by atoms with Crippen molar-refractivity contribution in [1.82, 2.24) is 24.9 Å². The molecule has 0 radical (unpaired) electrons. The summed E-state index contributed by atoms with van der Waals surface area (Å²) in [5, 5.41) is 1.09. The summed E-state index contributed by atoms with van der Waals surface area (Å²) in [6.45, 7) is 0. The van der Waals surface area contributed by atoms with Crippen molar-refractivity contribution in [2.24, 2.45) is 0 Å². The van der Waals surface area contributed by atoms with Crippen molar-refractivity contribution in [3.63, 3.8) is 0 Å². The van der Waals surface area contributed by atoms with Gasteiger partial charge >= 0.3 is 0 Å². The number of fused-ring (bicyclic) bond motifs is 1. The first kappa shape index (κ1) is 24.9. The van der Waals surface area contributed by atoms with Gasteiger partial charge < -0.3 is 0 Å². The van der Waals surface area contributed by atoms with Crippen LogP contribution in [0.25, 0.3) is 67.3 Å². The molecule has 0 aliphatic rings. The lowest BCUT2D eigenvalue weighted by atomic mass is 9.98. The molecule has 0 atom stereocenters. The number of hydrogen-bond acceptors (Lipinski definition) is 5. The number of hydrogen-bond donors (Lipinski definition) is 0. The third-order valence-electron chi connectivity index (χ3n) is 6.92. The van der Waals surface area contributed by atoms with E-state index in [1.165, 1.54) is 0 Å². The number of rotatable bonds is 5. The van der Waals surface area contributed by atoms with Gasteiger partial charge in [0.1, 0.15) is 0 Å². The van der Waals surface area contributed by atoms with Crippen molar-refractivity contribution in [3.8, 4) is 56.4 Å². The largest absolute Gasteiger partial charge is 0.264 e. The fraction of sp³-hybridized carbons (Fsp3) is 0. The Bertz CT molecular complexity index is 1990. The van der Waals surface area contributed by atoms with Crippen LogP contribution in [0.3, 0.4) is 0 Å². The lowest BCUT2D eigenvalue weighted by Crippen LogP contribution is -2.00. The van der Waals surface area contributed by atoms with Crippen LogP contribution in [0.5, 0.6) is 0 Å². The highest BCUT2D eigenvalue weighted by Gasteiger charge is 2.15. The Kier molecular flexibility index (Phi) is 6.59. The monoisotopic (exact) mass is 591 g/mol. The molecule has 0 fully saturated rings. The molecule has 0 aliphatic carbocycles. The van der Waals surface area contributed by atoms with Crippen molar-refractivity contribution in [2.45, 2.75) is 0 Å². The smallest absolute Gasteiger partial charge is 0.165 e. The predicted octanol–water partition coefficient (Wildman–Crippen LogP) is 8.91. The van der Waals surface area contributed by atoms with Crippen molar-refractivity contribution in [3.05, 3.63) is 138 Å². The molecule has 194 valence electrons. The summed E-state index contributed by atoms with van der Waals surface area (Å²) >= 11 is 3.73. The Morgan fingerprint density at radius 2 is 1.12 bits per heavy atom. The zero-order chi connectivity index (χ0) is 27.6. The van der Waals surface area contributed by atoms with E-state index in [1.807, 2.05) is 60.8 Å². The molecule has 0 spiro atoms. The number of nitrogens with zero attached hydrogens (tertiary/aromatic N) is 5. The zero-order valence-corrected chi connectivity index (χ0v) is 23.4. The van der Waals surface area contributed by atoms with Crippen LogP contribution in [0, 0.1) is 0 Å². The van der Waals surface area contributed by atoms with Gasteiger partial charge in [0.25, 0.3) is 0 Å². The Hall–Kier alpha value is -5.07. The Morgan fingerprint density at radius 3 is 1.90 bits per heavy atom. The highest BCUT2D eigenvalue weighted by molar-refractivity contribution is 9.10. The second kappa shape index (κ2) is 10.8. The molecule has 7 rings (SSSR count). The van der Waals surface area contributed by atoms with Gasteiger partial charge in [0.2, 0.25) is 0 Å². The summed E-state index contributed by atoms with van der Waals surface area (Å²) in [4.78, 5) is 23.6. The summed E-state index contributed by atoms with van der Waals surface area (Å²) < 4.78 is 0.933. The minimum atomic E-state index is 0.570. The highest BCUT2D eigenvalue weighted by atomic mass is 79.9. The molecule has 3 aromatic heterocycles. The van der Waals surface area contributed by atoms with Crippen LogP contribution in [-0.2, 0) is 0 Å². The summed E-state index contributed by atoms with van der Waals surface area (Å²) in [6, 6.07) is 39.0. The second-order valence-corrected chi connectivity index (χ2v) is 10.5. The van der Waals surface area contributed by atoms with Crippen LogP contribution in [0.1, 0.15) is 0 Å². The molecule has 0 aliphatic heterocycles. The van der Waals surface area contributed by atoms with Crippen LogP contribution in [0.4, 0.5) is 0 Å². The second-order valence-electron chi connectivity index (χ2n) is 9.60. The van der Waals surface area contributed by atoms with Gasteiger partial charge in [-0.3, -0.25) is 9.97 Å². The Balaban J connectivity index is 1.37. The van der Waals surface area contributed by atoms with E-state index in [2.05, 4.69) is 86.6 Å². The molecule has 0 unspecified atom stereocenters. The molecular formula is C35H22BrN5. The van der Waals surface area contributed by atoms with E-state index >= 15 is 0 Å². The van der Waals surface area contributed by atoms with E-state index in [9.17, 15) is 0 Å². The minimum absolute atomic E-state index is 0.570. The lowest BCUT2D eigenvalue weighted by molar-refractivity contribution is 1.07. The number of benzene rings is 4. The maximum Gasteiger partial charge on any atom is 0.165 e.